The Morgan fingerprint density at radius 2 is 1.88 bits per heavy atom. The van der Waals surface area contributed by atoms with E-state index in [0.717, 1.165) is 17.9 Å². The number of nitrogens with zero attached hydrogens (tertiary/aromatic N) is 5. The van der Waals surface area contributed by atoms with Crippen molar-refractivity contribution in [1.82, 2.24) is 24.7 Å². The summed E-state index contributed by atoms with van der Waals surface area (Å²) in [6.07, 6.45) is 0. The predicted octanol–water partition coefficient (Wildman–Crippen LogP) is 0.688. The molecule has 0 saturated heterocycles. The molecule has 90 valence electrons. The first-order chi connectivity index (χ1) is 8.10. The smallest absolute Gasteiger partial charge is 0.254 e. The first-order valence-corrected chi connectivity index (χ1v) is 5.39. The SMILES string of the molecule is CCNc1nc(N)n(-c2nc(C)cc(C)n2)n1. The molecule has 0 aliphatic rings. The second-order valence-corrected chi connectivity index (χ2v) is 3.69. The maximum absolute atomic E-state index is 5.77. The van der Waals surface area contributed by atoms with Gasteiger partial charge in [0.05, 0.1) is 0 Å². The normalized spacial score (nSPS) is 10.5. The number of aromatic nitrogens is 5. The quantitative estimate of drug-likeness (QED) is 0.809. The molecule has 0 spiro atoms. The van der Waals surface area contributed by atoms with Crippen LogP contribution in [0.1, 0.15) is 18.3 Å². The molecule has 17 heavy (non-hydrogen) atoms. The summed E-state index contributed by atoms with van der Waals surface area (Å²) < 4.78 is 1.43. The van der Waals surface area contributed by atoms with E-state index in [0.29, 0.717) is 11.9 Å². The number of rotatable bonds is 3. The van der Waals surface area contributed by atoms with E-state index in [1.165, 1.54) is 4.68 Å². The molecule has 3 N–H and O–H groups in total. The zero-order chi connectivity index (χ0) is 12.4. The zero-order valence-electron chi connectivity index (χ0n) is 10.1. The van der Waals surface area contributed by atoms with Crippen molar-refractivity contribution in [3.05, 3.63) is 17.5 Å². The molecular formula is C10H15N7. The van der Waals surface area contributed by atoms with E-state index in [-0.39, 0.29) is 5.95 Å². The van der Waals surface area contributed by atoms with E-state index < -0.39 is 0 Å². The van der Waals surface area contributed by atoms with Gasteiger partial charge in [0.25, 0.3) is 5.95 Å². The highest BCUT2D eigenvalue weighted by Gasteiger charge is 2.11. The van der Waals surface area contributed by atoms with Gasteiger partial charge in [-0.15, -0.1) is 5.10 Å². The van der Waals surface area contributed by atoms with Crippen LogP contribution in [0.2, 0.25) is 0 Å². The first kappa shape index (κ1) is 11.3. The van der Waals surface area contributed by atoms with Crippen LogP contribution in [0.5, 0.6) is 0 Å². The number of hydrogen-bond donors (Lipinski definition) is 2. The molecule has 2 aromatic rings. The summed E-state index contributed by atoms with van der Waals surface area (Å²) in [5.74, 6) is 1.19. The highest BCUT2D eigenvalue weighted by Crippen LogP contribution is 2.11. The molecular weight excluding hydrogens is 218 g/mol. The molecule has 2 heterocycles. The van der Waals surface area contributed by atoms with Crippen molar-refractivity contribution in [2.75, 3.05) is 17.6 Å². The summed E-state index contributed by atoms with van der Waals surface area (Å²) >= 11 is 0. The maximum Gasteiger partial charge on any atom is 0.254 e. The van der Waals surface area contributed by atoms with Gasteiger partial charge in [-0.05, 0) is 26.8 Å². The molecule has 0 amide bonds. The number of anilines is 2. The van der Waals surface area contributed by atoms with Crippen LogP contribution in [0.15, 0.2) is 6.07 Å². The molecule has 0 atom stereocenters. The van der Waals surface area contributed by atoms with Crippen LogP contribution < -0.4 is 11.1 Å². The molecule has 0 unspecified atom stereocenters. The van der Waals surface area contributed by atoms with Crippen molar-refractivity contribution < 1.29 is 0 Å². The van der Waals surface area contributed by atoms with Crippen molar-refractivity contribution in [3.63, 3.8) is 0 Å². The Balaban J connectivity index is 2.44. The number of nitrogens with two attached hydrogens (primary N) is 1. The monoisotopic (exact) mass is 233 g/mol. The Morgan fingerprint density at radius 3 is 2.47 bits per heavy atom. The van der Waals surface area contributed by atoms with E-state index in [9.17, 15) is 0 Å². The van der Waals surface area contributed by atoms with Gasteiger partial charge in [0.2, 0.25) is 11.9 Å². The van der Waals surface area contributed by atoms with Crippen LogP contribution >= 0.6 is 0 Å². The molecule has 2 aromatic heterocycles. The van der Waals surface area contributed by atoms with Gasteiger partial charge in [-0.25, -0.2) is 9.97 Å². The van der Waals surface area contributed by atoms with Gasteiger partial charge >= 0.3 is 0 Å². The molecule has 0 aliphatic carbocycles. The Kier molecular flexibility index (Phi) is 2.90. The average Bonchev–Trinajstić information content (AvgIpc) is 2.58. The van der Waals surface area contributed by atoms with Gasteiger partial charge in [0.15, 0.2) is 0 Å². The first-order valence-electron chi connectivity index (χ1n) is 5.39. The molecule has 0 aliphatic heterocycles. The molecule has 7 nitrogen and oxygen atoms in total. The summed E-state index contributed by atoms with van der Waals surface area (Å²) in [4.78, 5) is 12.6. The topological polar surface area (TPSA) is 94.5 Å². The van der Waals surface area contributed by atoms with E-state index in [1.54, 1.807) is 0 Å². The minimum absolute atomic E-state index is 0.269. The van der Waals surface area contributed by atoms with Crippen LogP contribution in [-0.2, 0) is 0 Å². The summed E-state index contributed by atoms with van der Waals surface area (Å²) in [6.45, 7) is 6.49. The lowest BCUT2D eigenvalue weighted by molar-refractivity contribution is 0.802. The Labute approximate surface area is 99.1 Å². The maximum atomic E-state index is 5.77. The van der Waals surface area contributed by atoms with E-state index >= 15 is 0 Å². The standard InChI is InChI=1S/C10H15N7/c1-4-12-9-15-8(11)17(16-9)10-13-6(2)5-7(3)14-10/h5H,4H2,1-3H3,(H3,11,12,15,16). The van der Waals surface area contributed by atoms with Crippen LogP contribution in [0, 0.1) is 13.8 Å². The van der Waals surface area contributed by atoms with Gasteiger partial charge in [-0.1, -0.05) is 0 Å². The van der Waals surface area contributed by atoms with Gasteiger partial charge in [-0.2, -0.15) is 9.67 Å². The fourth-order valence-corrected chi connectivity index (χ4v) is 1.51. The molecule has 2 rings (SSSR count). The van der Waals surface area contributed by atoms with Crippen molar-refractivity contribution in [2.45, 2.75) is 20.8 Å². The molecule has 7 heteroatoms. The van der Waals surface area contributed by atoms with Crippen molar-refractivity contribution in [2.24, 2.45) is 0 Å². The van der Waals surface area contributed by atoms with Crippen molar-refractivity contribution in [3.8, 4) is 5.95 Å². The summed E-state index contributed by atoms with van der Waals surface area (Å²) in [5, 5.41) is 7.19. The van der Waals surface area contributed by atoms with Crippen molar-refractivity contribution >= 4 is 11.9 Å². The number of aryl methyl sites for hydroxylation is 2. The van der Waals surface area contributed by atoms with Gasteiger partial charge < -0.3 is 11.1 Å². The Bertz CT molecular complexity index is 511. The molecule has 0 saturated carbocycles. The predicted molar refractivity (Wildman–Crippen MR) is 65.0 cm³/mol. The second kappa shape index (κ2) is 4.36. The highest BCUT2D eigenvalue weighted by molar-refractivity contribution is 5.36. The third-order valence-electron chi connectivity index (χ3n) is 2.13. The summed E-state index contributed by atoms with van der Waals surface area (Å²) in [6, 6.07) is 1.89. The molecule has 0 fully saturated rings. The van der Waals surface area contributed by atoms with E-state index in [1.807, 2.05) is 26.8 Å². The fraction of sp³-hybridized carbons (Fsp3) is 0.400. The minimum Gasteiger partial charge on any atom is -0.368 e. The van der Waals surface area contributed by atoms with E-state index in [4.69, 9.17) is 5.73 Å². The van der Waals surface area contributed by atoms with E-state index in [2.05, 4.69) is 25.4 Å². The minimum atomic E-state index is 0.269. The summed E-state index contributed by atoms with van der Waals surface area (Å²) in [5.41, 5.74) is 7.51. The van der Waals surface area contributed by atoms with Gasteiger partial charge in [0.1, 0.15) is 0 Å². The molecule has 0 radical (unpaired) electrons. The Hall–Kier alpha value is -2.18. The lowest BCUT2D eigenvalue weighted by atomic mass is 10.4. The zero-order valence-corrected chi connectivity index (χ0v) is 10.1. The van der Waals surface area contributed by atoms with Gasteiger partial charge in [-0.3, -0.25) is 0 Å². The molecule has 0 bridgehead atoms. The number of hydrogen-bond acceptors (Lipinski definition) is 6. The number of nitrogen functional groups attached to an aromatic ring is 1. The molecule has 0 aromatic carbocycles. The van der Waals surface area contributed by atoms with Crippen LogP contribution in [0.4, 0.5) is 11.9 Å². The third kappa shape index (κ3) is 2.32. The van der Waals surface area contributed by atoms with Crippen LogP contribution in [-0.4, -0.2) is 31.3 Å². The second-order valence-electron chi connectivity index (χ2n) is 3.69. The average molecular weight is 233 g/mol. The largest absolute Gasteiger partial charge is 0.368 e. The highest BCUT2D eigenvalue weighted by atomic mass is 15.5. The Morgan fingerprint density at radius 1 is 1.24 bits per heavy atom. The number of nitrogens with one attached hydrogen (secondary N) is 1. The van der Waals surface area contributed by atoms with Crippen LogP contribution in [0.25, 0.3) is 5.95 Å². The fourth-order valence-electron chi connectivity index (χ4n) is 1.51. The van der Waals surface area contributed by atoms with Crippen molar-refractivity contribution in [1.29, 1.82) is 0 Å². The van der Waals surface area contributed by atoms with Gasteiger partial charge in [0, 0.05) is 17.9 Å². The van der Waals surface area contributed by atoms with Crippen LogP contribution in [0.3, 0.4) is 0 Å². The lowest BCUT2D eigenvalue weighted by Gasteiger charge is -2.02. The summed E-state index contributed by atoms with van der Waals surface area (Å²) in [7, 11) is 0. The lowest BCUT2D eigenvalue weighted by Crippen LogP contribution is -2.08. The third-order valence-corrected chi connectivity index (χ3v) is 2.13.